The van der Waals surface area contributed by atoms with Crippen LogP contribution in [-0.2, 0) is 16.0 Å². The molecular formula is C16H20FNO2S. The Balaban J connectivity index is 2.06. The van der Waals surface area contributed by atoms with Crippen LogP contribution in [0.3, 0.4) is 0 Å². The molecule has 0 aliphatic rings. The van der Waals surface area contributed by atoms with Crippen LogP contribution in [0.2, 0.25) is 0 Å². The zero-order chi connectivity index (χ0) is 15.2. The van der Waals surface area contributed by atoms with Crippen LogP contribution in [0.25, 0.3) is 10.4 Å². The van der Waals surface area contributed by atoms with Crippen molar-refractivity contribution < 1.29 is 13.9 Å². The van der Waals surface area contributed by atoms with Crippen LogP contribution in [0.15, 0.2) is 35.7 Å². The second-order valence-electron chi connectivity index (χ2n) is 4.80. The molecule has 0 saturated heterocycles. The Morgan fingerprint density at radius 1 is 1.24 bits per heavy atom. The average molecular weight is 309 g/mol. The van der Waals surface area contributed by atoms with Gasteiger partial charge in [0.25, 0.3) is 0 Å². The lowest BCUT2D eigenvalue weighted by Crippen LogP contribution is -2.39. The lowest BCUT2D eigenvalue weighted by molar-refractivity contribution is -0.119. The fourth-order valence-electron chi connectivity index (χ4n) is 2.18. The van der Waals surface area contributed by atoms with Crippen LogP contribution >= 0.6 is 11.3 Å². The molecule has 3 nitrogen and oxygen atoms in total. The number of halogens is 1. The molecule has 0 bridgehead atoms. The summed E-state index contributed by atoms with van der Waals surface area (Å²) in [5.41, 5.74) is 1.67. The Bertz CT molecular complexity index is 555. The summed E-state index contributed by atoms with van der Waals surface area (Å²) in [5.74, 6) is -0.194. The maximum Gasteiger partial charge on any atom is 0.171 e. The SMILES string of the molecule is COC(OC)C(C)NCc1ccc(F)c(-c2cccs2)c1. The highest BCUT2D eigenvalue weighted by Gasteiger charge is 2.15. The summed E-state index contributed by atoms with van der Waals surface area (Å²) in [6, 6.07) is 9.08. The number of hydrogen-bond acceptors (Lipinski definition) is 4. The summed E-state index contributed by atoms with van der Waals surface area (Å²) in [5, 5.41) is 5.27. The molecule has 0 amide bonds. The van der Waals surface area contributed by atoms with Crippen molar-refractivity contribution in [1.82, 2.24) is 5.32 Å². The quantitative estimate of drug-likeness (QED) is 0.792. The van der Waals surface area contributed by atoms with Gasteiger partial charge in [-0.25, -0.2) is 4.39 Å². The van der Waals surface area contributed by atoms with E-state index in [0.717, 1.165) is 10.4 Å². The first-order valence-electron chi connectivity index (χ1n) is 6.77. The molecule has 2 rings (SSSR count). The fourth-order valence-corrected chi connectivity index (χ4v) is 2.93. The van der Waals surface area contributed by atoms with E-state index < -0.39 is 0 Å². The molecule has 114 valence electrons. The molecular weight excluding hydrogens is 289 g/mol. The third-order valence-electron chi connectivity index (χ3n) is 3.32. The number of thiophene rings is 1. The van der Waals surface area contributed by atoms with Gasteiger partial charge in [-0.05, 0) is 36.1 Å². The second-order valence-corrected chi connectivity index (χ2v) is 5.75. The van der Waals surface area contributed by atoms with Crippen molar-refractivity contribution in [3.8, 4) is 10.4 Å². The number of benzene rings is 1. The maximum atomic E-state index is 13.9. The lowest BCUT2D eigenvalue weighted by atomic mass is 10.1. The van der Waals surface area contributed by atoms with E-state index in [-0.39, 0.29) is 18.1 Å². The molecule has 1 unspecified atom stereocenters. The van der Waals surface area contributed by atoms with Gasteiger partial charge in [0, 0.05) is 31.2 Å². The molecule has 1 aromatic heterocycles. The molecule has 0 radical (unpaired) electrons. The Labute approximate surface area is 128 Å². The van der Waals surface area contributed by atoms with Crippen LogP contribution in [0.4, 0.5) is 4.39 Å². The Kier molecular flexibility index (Phi) is 5.87. The van der Waals surface area contributed by atoms with E-state index in [4.69, 9.17) is 9.47 Å². The minimum atomic E-state index is -0.304. The normalized spacial score (nSPS) is 12.8. The number of methoxy groups -OCH3 is 2. The molecule has 1 heterocycles. The highest BCUT2D eigenvalue weighted by molar-refractivity contribution is 7.13. The molecule has 1 atom stereocenters. The van der Waals surface area contributed by atoms with Crippen molar-refractivity contribution in [2.45, 2.75) is 25.8 Å². The first-order chi connectivity index (χ1) is 10.2. The third-order valence-corrected chi connectivity index (χ3v) is 4.22. The Morgan fingerprint density at radius 2 is 2.00 bits per heavy atom. The van der Waals surface area contributed by atoms with Gasteiger partial charge in [-0.1, -0.05) is 12.1 Å². The molecule has 0 fully saturated rings. The lowest BCUT2D eigenvalue weighted by Gasteiger charge is -2.22. The smallest absolute Gasteiger partial charge is 0.171 e. The van der Waals surface area contributed by atoms with Crippen molar-refractivity contribution in [3.05, 3.63) is 47.1 Å². The molecule has 5 heteroatoms. The summed E-state index contributed by atoms with van der Waals surface area (Å²) >= 11 is 1.54. The van der Waals surface area contributed by atoms with E-state index in [0.29, 0.717) is 12.1 Å². The van der Waals surface area contributed by atoms with Gasteiger partial charge in [-0.3, -0.25) is 0 Å². The van der Waals surface area contributed by atoms with Crippen molar-refractivity contribution in [3.63, 3.8) is 0 Å². The van der Waals surface area contributed by atoms with Gasteiger partial charge in [-0.15, -0.1) is 11.3 Å². The molecule has 1 N–H and O–H groups in total. The molecule has 2 aromatic rings. The minimum Gasteiger partial charge on any atom is -0.354 e. The van der Waals surface area contributed by atoms with Crippen molar-refractivity contribution >= 4 is 11.3 Å². The van der Waals surface area contributed by atoms with Crippen LogP contribution in [0.5, 0.6) is 0 Å². The molecule has 0 aliphatic carbocycles. The topological polar surface area (TPSA) is 30.5 Å². The van der Waals surface area contributed by atoms with Gasteiger partial charge in [0.1, 0.15) is 5.82 Å². The van der Waals surface area contributed by atoms with Crippen molar-refractivity contribution in [1.29, 1.82) is 0 Å². The number of ether oxygens (including phenoxy) is 2. The molecule has 0 spiro atoms. The van der Waals surface area contributed by atoms with Crippen LogP contribution in [-0.4, -0.2) is 26.6 Å². The van der Waals surface area contributed by atoms with Gasteiger partial charge < -0.3 is 14.8 Å². The minimum absolute atomic E-state index is 0.0373. The predicted molar refractivity (Wildman–Crippen MR) is 83.8 cm³/mol. The first kappa shape index (κ1) is 16.1. The van der Waals surface area contributed by atoms with E-state index in [1.54, 1.807) is 20.3 Å². The van der Waals surface area contributed by atoms with Crippen molar-refractivity contribution in [2.75, 3.05) is 14.2 Å². The van der Waals surface area contributed by atoms with Crippen molar-refractivity contribution in [2.24, 2.45) is 0 Å². The summed E-state index contributed by atoms with van der Waals surface area (Å²) in [4.78, 5) is 0.939. The number of hydrogen-bond donors (Lipinski definition) is 1. The third kappa shape index (κ3) is 4.11. The monoisotopic (exact) mass is 309 g/mol. The standard InChI is InChI=1S/C16H20FNO2S/c1-11(16(19-2)20-3)18-10-12-6-7-14(17)13(9-12)15-5-4-8-21-15/h4-9,11,16,18H,10H2,1-3H3. The highest BCUT2D eigenvalue weighted by Crippen LogP contribution is 2.28. The molecule has 0 aliphatic heterocycles. The highest BCUT2D eigenvalue weighted by atomic mass is 32.1. The van der Waals surface area contributed by atoms with E-state index in [9.17, 15) is 4.39 Å². The van der Waals surface area contributed by atoms with Crippen LogP contribution in [0, 0.1) is 5.82 Å². The van der Waals surface area contributed by atoms with Gasteiger partial charge in [0.2, 0.25) is 0 Å². The van der Waals surface area contributed by atoms with Crippen LogP contribution < -0.4 is 5.32 Å². The number of rotatable bonds is 7. The van der Waals surface area contributed by atoms with Crippen LogP contribution in [0.1, 0.15) is 12.5 Å². The molecule has 0 saturated carbocycles. The average Bonchev–Trinajstić information content (AvgIpc) is 3.01. The zero-order valence-electron chi connectivity index (χ0n) is 12.4. The van der Waals surface area contributed by atoms with Gasteiger partial charge in [0.05, 0.1) is 6.04 Å². The second kappa shape index (κ2) is 7.66. The first-order valence-corrected chi connectivity index (χ1v) is 7.65. The summed E-state index contributed by atoms with van der Waals surface area (Å²) in [6.45, 7) is 2.62. The molecule has 21 heavy (non-hydrogen) atoms. The van der Waals surface area contributed by atoms with E-state index in [1.165, 1.54) is 17.4 Å². The van der Waals surface area contributed by atoms with E-state index >= 15 is 0 Å². The zero-order valence-corrected chi connectivity index (χ0v) is 13.2. The predicted octanol–water partition coefficient (Wildman–Crippen LogP) is 3.65. The Hall–Kier alpha value is -1.27. The van der Waals surface area contributed by atoms with Gasteiger partial charge in [-0.2, -0.15) is 0 Å². The number of nitrogens with one attached hydrogen (secondary N) is 1. The summed E-state index contributed by atoms with van der Waals surface area (Å²) in [6.07, 6.45) is -0.304. The van der Waals surface area contributed by atoms with Gasteiger partial charge >= 0.3 is 0 Å². The summed E-state index contributed by atoms with van der Waals surface area (Å²) < 4.78 is 24.3. The maximum absolute atomic E-state index is 13.9. The summed E-state index contributed by atoms with van der Waals surface area (Å²) in [7, 11) is 3.22. The van der Waals surface area contributed by atoms with Gasteiger partial charge in [0.15, 0.2) is 6.29 Å². The van der Waals surface area contributed by atoms with E-state index in [2.05, 4.69) is 5.32 Å². The Morgan fingerprint density at radius 3 is 2.62 bits per heavy atom. The molecule has 1 aromatic carbocycles. The fraction of sp³-hybridized carbons (Fsp3) is 0.375. The van der Waals surface area contributed by atoms with E-state index in [1.807, 2.05) is 30.5 Å². The largest absolute Gasteiger partial charge is 0.354 e.